The van der Waals surface area contributed by atoms with E-state index in [0.29, 0.717) is 17.1 Å². The summed E-state index contributed by atoms with van der Waals surface area (Å²) in [5.74, 6) is 0.171. The van der Waals surface area contributed by atoms with Crippen LogP contribution in [-0.2, 0) is 9.53 Å². The third kappa shape index (κ3) is 4.82. The van der Waals surface area contributed by atoms with Gasteiger partial charge in [0.05, 0.1) is 12.0 Å². The topological polar surface area (TPSA) is 82.5 Å². The van der Waals surface area contributed by atoms with Crippen molar-refractivity contribution in [1.29, 1.82) is 0 Å². The van der Waals surface area contributed by atoms with E-state index in [9.17, 15) is 15.0 Å². The van der Waals surface area contributed by atoms with E-state index in [2.05, 4.69) is 34.1 Å². The molecule has 0 radical (unpaired) electrons. The van der Waals surface area contributed by atoms with Crippen molar-refractivity contribution in [3.63, 3.8) is 0 Å². The molecule has 2 aliphatic rings. The molecular weight excluding hydrogens is 428 g/mol. The smallest absolute Gasteiger partial charge is 0.325 e. The number of fused-ring (bicyclic) bond motifs is 1. The van der Waals surface area contributed by atoms with Crippen LogP contribution in [0.15, 0.2) is 53.4 Å². The van der Waals surface area contributed by atoms with Gasteiger partial charge in [-0.05, 0) is 49.7 Å². The lowest BCUT2D eigenvalue weighted by Crippen LogP contribution is -2.50. The Bertz CT molecular complexity index is 920. The van der Waals surface area contributed by atoms with Gasteiger partial charge in [-0.2, -0.15) is 0 Å². The summed E-state index contributed by atoms with van der Waals surface area (Å²) in [4.78, 5) is 18.3. The summed E-state index contributed by atoms with van der Waals surface area (Å²) in [6.07, 6.45) is 0.158. The van der Waals surface area contributed by atoms with Crippen molar-refractivity contribution in [3.8, 4) is 11.5 Å². The van der Waals surface area contributed by atoms with Crippen LogP contribution in [0.3, 0.4) is 0 Å². The van der Waals surface area contributed by atoms with Crippen molar-refractivity contribution >= 4 is 23.4 Å². The Labute approximate surface area is 192 Å². The number of aliphatic hydroxyl groups is 1. The Morgan fingerprint density at radius 3 is 2.66 bits per heavy atom. The lowest BCUT2D eigenvalue weighted by molar-refractivity contribution is -0.147. The van der Waals surface area contributed by atoms with E-state index in [1.807, 2.05) is 6.07 Å². The molecule has 8 heteroatoms. The average molecular weight is 459 g/mol. The Kier molecular flexibility index (Phi) is 7.13. The number of phenolic OH excluding ortho intramolecular Hbond substituents is 1. The number of piperazine rings is 1. The second-order valence-corrected chi connectivity index (χ2v) is 9.58. The van der Waals surface area contributed by atoms with Crippen LogP contribution in [0.25, 0.3) is 0 Å². The third-order valence-electron chi connectivity index (χ3n) is 6.20. The highest BCUT2D eigenvalue weighted by molar-refractivity contribution is 8.01. The van der Waals surface area contributed by atoms with Crippen LogP contribution in [0, 0.1) is 0 Å². The molecule has 2 heterocycles. The number of ether oxygens (including phenoxy) is 2. The molecule has 0 aromatic heterocycles. The first-order valence-electron chi connectivity index (χ1n) is 11.0. The minimum atomic E-state index is -1.18. The number of anilines is 1. The summed E-state index contributed by atoms with van der Waals surface area (Å²) in [6, 6.07) is 15.2. The molecule has 2 N–H and O–H groups in total. The molecule has 0 amide bonds. The van der Waals surface area contributed by atoms with Gasteiger partial charge in [0.25, 0.3) is 0 Å². The molecule has 2 aliphatic heterocycles. The monoisotopic (exact) mass is 458 g/mol. The van der Waals surface area contributed by atoms with Crippen molar-refractivity contribution < 1.29 is 24.5 Å². The van der Waals surface area contributed by atoms with Gasteiger partial charge in [-0.3, -0.25) is 9.69 Å². The van der Waals surface area contributed by atoms with Crippen LogP contribution in [-0.4, -0.2) is 78.4 Å². The van der Waals surface area contributed by atoms with E-state index in [0.717, 1.165) is 39.1 Å². The number of methoxy groups -OCH3 is 1. The zero-order valence-corrected chi connectivity index (χ0v) is 19.1. The highest BCUT2D eigenvalue weighted by atomic mass is 32.2. The molecule has 1 fully saturated rings. The van der Waals surface area contributed by atoms with Crippen LogP contribution in [0.2, 0.25) is 0 Å². The number of benzene rings is 2. The second kappa shape index (κ2) is 10.0. The number of hydrogen-bond acceptors (Lipinski definition) is 8. The SMILES string of the molecule is COC(=O)[C@]1(CCCN2CCN(c3ccccc3)CC2)Sc2cc(O)ccc2OC[C@@H]1O. The molecule has 172 valence electrons. The molecule has 2 aromatic rings. The van der Waals surface area contributed by atoms with Gasteiger partial charge in [-0.1, -0.05) is 18.2 Å². The minimum Gasteiger partial charge on any atom is -0.508 e. The summed E-state index contributed by atoms with van der Waals surface area (Å²) < 4.78 is 9.64. The minimum absolute atomic E-state index is 0.00434. The number of phenols is 1. The largest absolute Gasteiger partial charge is 0.508 e. The molecule has 4 rings (SSSR count). The van der Waals surface area contributed by atoms with E-state index in [-0.39, 0.29) is 12.4 Å². The molecule has 2 atom stereocenters. The Hall–Kier alpha value is -2.42. The van der Waals surface area contributed by atoms with Crippen LogP contribution in [0.5, 0.6) is 11.5 Å². The number of carbonyl (C=O) groups excluding carboxylic acids is 1. The van der Waals surface area contributed by atoms with Gasteiger partial charge in [-0.25, -0.2) is 0 Å². The fraction of sp³-hybridized carbons (Fsp3) is 0.458. The quantitative estimate of drug-likeness (QED) is 0.640. The molecule has 2 aromatic carbocycles. The number of rotatable bonds is 6. The van der Waals surface area contributed by atoms with Crippen LogP contribution >= 0.6 is 11.8 Å². The normalized spacial score (nSPS) is 23.7. The number of aromatic hydroxyl groups is 1. The van der Waals surface area contributed by atoms with Crippen molar-refractivity contribution in [1.82, 2.24) is 4.90 Å². The highest BCUT2D eigenvalue weighted by Gasteiger charge is 2.49. The number of nitrogens with zero attached hydrogens (tertiary/aromatic N) is 2. The van der Waals surface area contributed by atoms with Crippen molar-refractivity contribution in [3.05, 3.63) is 48.5 Å². The van der Waals surface area contributed by atoms with E-state index < -0.39 is 16.8 Å². The number of esters is 1. The number of aliphatic hydroxyl groups excluding tert-OH is 1. The summed E-state index contributed by atoms with van der Waals surface area (Å²) in [7, 11) is 1.34. The van der Waals surface area contributed by atoms with E-state index >= 15 is 0 Å². The van der Waals surface area contributed by atoms with Gasteiger partial charge in [0.2, 0.25) is 0 Å². The fourth-order valence-corrected chi connectivity index (χ4v) is 5.78. The number of hydrogen-bond donors (Lipinski definition) is 2. The maximum atomic E-state index is 12.9. The van der Waals surface area contributed by atoms with Gasteiger partial charge in [-0.15, -0.1) is 11.8 Å². The standard InChI is InChI=1S/C24H30N2O5S/c1-30-23(29)24(22(28)17-31-20-9-8-19(27)16-21(20)32-24)10-5-11-25-12-14-26(15-13-25)18-6-3-2-4-7-18/h2-4,6-9,16,22,27-28H,5,10-15,17H2,1H3/t22-,24+/m0/s1. The van der Waals surface area contributed by atoms with Gasteiger partial charge in [0.15, 0.2) is 0 Å². The van der Waals surface area contributed by atoms with Crippen LogP contribution < -0.4 is 9.64 Å². The lowest BCUT2D eigenvalue weighted by atomic mass is 9.95. The molecule has 32 heavy (non-hydrogen) atoms. The Morgan fingerprint density at radius 1 is 1.19 bits per heavy atom. The average Bonchev–Trinajstić information content (AvgIpc) is 2.96. The predicted octanol–water partition coefficient (Wildman–Crippen LogP) is 2.75. The van der Waals surface area contributed by atoms with Gasteiger partial charge >= 0.3 is 5.97 Å². The number of carbonyl (C=O) groups is 1. The molecule has 1 saturated heterocycles. The van der Waals surface area contributed by atoms with Crippen molar-refractivity contribution in [2.24, 2.45) is 0 Å². The first-order chi connectivity index (χ1) is 15.5. The molecule has 0 spiro atoms. The summed E-state index contributed by atoms with van der Waals surface area (Å²) in [6.45, 7) is 4.66. The van der Waals surface area contributed by atoms with Crippen LogP contribution in [0.1, 0.15) is 12.8 Å². The van der Waals surface area contributed by atoms with E-state index in [1.165, 1.54) is 30.6 Å². The van der Waals surface area contributed by atoms with Crippen molar-refractivity contribution in [2.45, 2.75) is 28.6 Å². The zero-order chi connectivity index (χ0) is 22.6. The van der Waals surface area contributed by atoms with E-state index in [4.69, 9.17) is 9.47 Å². The van der Waals surface area contributed by atoms with Gasteiger partial charge in [0.1, 0.15) is 29.0 Å². The highest BCUT2D eigenvalue weighted by Crippen LogP contribution is 2.47. The fourth-order valence-electron chi connectivity index (χ4n) is 4.37. The Morgan fingerprint density at radius 2 is 1.94 bits per heavy atom. The second-order valence-electron chi connectivity index (χ2n) is 8.21. The van der Waals surface area contributed by atoms with Crippen molar-refractivity contribution in [2.75, 3.05) is 51.3 Å². The summed E-state index contributed by atoms with van der Waals surface area (Å²) >= 11 is 1.23. The summed E-state index contributed by atoms with van der Waals surface area (Å²) in [5.41, 5.74) is 1.25. The van der Waals surface area contributed by atoms with Gasteiger partial charge in [0, 0.05) is 31.9 Å². The van der Waals surface area contributed by atoms with Gasteiger partial charge < -0.3 is 24.6 Å². The van der Waals surface area contributed by atoms with E-state index in [1.54, 1.807) is 12.1 Å². The maximum Gasteiger partial charge on any atom is 0.325 e. The number of para-hydroxylation sites is 1. The summed E-state index contributed by atoms with van der Waals surface area (Å²) in [5, 5.41) is 20.8. The Balaban J connectivity index is 1.40. The molecular formula is C24H30N2O5S. The number of thioether (sulfide) groups is 1. The predicted molar refractivity (Wildman–Crippen MR) is 125 cm³/mol. The third-order valence-corrected chi connectivity index (χ3v) is 7.75. The maximum absolute atomic E-state index is 12.9. The lowest BCUT2D eigenvalue weighted by Gasteiger charge is -2.37. The molecule has 7 nitrogen and oxygen atoms in total. The first-order valence-corrected chi connectivity index (χ1v) is 11.8. The molecule has 0 aliphatic carbocycles. The molecule has 0 unspecified atom stereocenters. The zero-order valence-electron chi connectivity index (χ0n) is 18.3. The first kappa shape index (κ1) is 22.8. The molecule has 0 bridgehead atoms. The molecule has 0 saturated carbocycles. The van der Waals surface area contributed by atoms with Crippen LogP contribution in [0.4, 0.5) is 5.69 Å².